The summed E-state index contributed by atoms with van der Waals surface area (Å²) >= 11 is 6.31. The summed E-state index contributed by atoms with van der Waals surface area (Å²) in [5.41, 5.74) is 0.933. The van der Waals surface area contributed by atoms with Crippen molar-refractivity contribution >= 4 is 17.9 Å². The van der Waals surface area contributed by atoms with Crippen molar-refractivity contribution in [1.82, 2.24) is 0 Å². The van der Waals surface area contributed by atoms with E-state index in [-0.39, 0.29) is 5.92 Å². The largest absolute Gasteiger partial charge is 0.490 e. The Balaban J connectivity index is 2.37. The Labute approximate surface area is 106 Å². The van der Waals surface area contributed by atoms with Crippen molar-refractivity contribution in [3.63, 3.8) is 0 Å². The maximum atomic E-state index is 10.5. The monoisotopic (exact) mass is 254 g/mol. The molecule has 1 heterocycles. The molecule has 0 saturated carbocycles. The minimum Gasteiger partial charge on any atom is -0.490 e. The zero-order chi connectivity index (χ0) is 12.3. The first-order chi connectivity index (χ1) is 8.24. The fourth-order valence-electron chi connectivity index (χ4n) is 1.87. The van der Waals surface area contributed by atoms with Gasteiger partial charge in [0.05, 0.1) is 18.2 Å². The molecule has 1 unspecified atom stereocenters. The molecule has 0 saturated heterocycles. The van der Waals surface area contributed by atoms with Crippen LogP contribution in [0.25, 0.3) is 0 Å². The molecule has 0 aromatic heterocycles. The van der Waals surface area contributed by atoms with Crippen LogP contribution in [0.1, 0.15) is 31.2 Å². The highest BCUT2D eigenvalue weighted by Gasteiger charge is 2.19. The van der Waals surface area contributed by atoms with Crippen LogP contribution in [0, 0.1) is 0 Å². The third-order valence-corrected chi connectivity index (χ3v) is 3.25. The number of carbonyl (C=O) groups is 1. The predicted molar refractivity (Wildman–Crippen MR) is 66.2 cm³/mol. The topological polar surface area (TPSA) is 35.5 Å². The third-order valence-electron chi connectivity index (χ3n) is 2.86. The molecule has 0 spiro atoms. The van der Waals surface area contributed by atoms with Crippen molar-refractivity contribution in [3.8, 4) is 11.5 Å². The third kappa shape index (κ3) is 2.55. The van der Waals surface area contributed by atoms with Crippen LogP contribution in [0.3, 0.4) is 0 Å². The van der Waals surface area contributed by atoms with E-state index in [1.165, 1.54) is 0 Å². The normalized spacial score (nSPS) is 16.1. The summed E-state index contributed by atoms with van der Waals surface area (Å²) in [6.07, 6.45) is 2.22. The first-order valence-corrected chi connectivity index (χ1v) is 6.13. The molecule has 0 fully saturated rings. The second kappa shape index (κ2) is 5.41. The standard InChI is InChI=1S/C13H15ClO3/c1-9(5-6-15)10-3-4-11-13(12(10)14)17-8-2-7-16-11/h3-4,6,9H,2,5,7-8H2,1H3. The Morgan fingerprint density at radius 3 is 2.94 bits per heavy atom. The van der Waals surface area contributed by atoms with Crippen molar-refractivity contribution < 1.29 is 14.3 Å². The lowest BCUT2D eigenvalue weighted by molar-refractivity contribution is -0.108. The van der Waals surface area contributed by atoms with Gasteiger partial charge in [-0.1, -0.05) is 24.6 Å². The molecule has 4 heteroatoms. The molecule has 0 bridgehead atoms. The van der Waals surface area contributed by atoms with Crippen molar-refractivity contribution in [2.24, 2.45) is 0 Å². The van der Waals surface area contributed by atoms with E-state index in [2.05, 4.69) is 0 Å². The molecule has 1 aromatic carbocycles. The molecule has 1 atom stereocenters. The van der Waals surface area contributed by atoms with Gasteiger partial charge in [0.2, 0.25) is 0 Å². The maximum Gasteiger partial charge on any atom is 0.180 e. The van der Waals surface area contributed by atoms with Gasteiger partial charge in [0.1, 0.15) is 6.29 Å². The van der Waals surface area contributed by atoms with Crippen molar-refractivity contribution in [3.05, 3.63) is 22.7 Å². The Morgan fingerprint density at radius 1 is 1.41 bits per heavy atom. The van der Waals surface area contributed by atoms with E-state index in [1.807, 2.05) is 19.1 Å². The van der Waals surface area contributed by atoms with Gasteiger partial charge in [0.25, 0.3) is 0 Å². The smallest absolute Gasteiger partial charge is 0.180 e. The summed E-state index contributed by atoms with van der Waals surface area (Å²) < 4.78 is 11.1. The minimum atomic E-state index is 0.0946. The van der Waals surface area contributed by atoms with Gasteiger partial charge in [-0.2, -0.15) is 0 Å². The van der Waals surface area contributed by atoms with Gasteiger partial charge < -0.3 is 14.3 Å². The van der Waals surface area contributed by atoms with Gasteiger partial charge in [0, 0.05) is 12.8 Å². The number of hydrogen-bond donors (Lipinski definition) is 0. The number of rotatable bonds is 3. The maximum absolute atomic E-state index is 10.5. The second-order valence-electron chi connectivity index (χ2n) is 4.15. The minimum absolute atomic E-state index is 0.0946. The highest BCUT2D eigenvalue weighted by Crippen LogP contribution is 2.41. The predicted octanol–water partition coefficient (Wildman–Crippen LogP) is 3.19. The van der Waals surface area contributed by atoms with E-state index in [1.54, 1.807) is 0 Å². The number of halogens is 1. The SMILES string of the molecule is CC(CC=O)c1ccc2c(c1Cl)OCCCO2. The highest BCUT2D eigenvalue weighted by atomic mass is 35.5. The van der Waals surface area contributed by atoms with Crippen LogP contribution in [0.2, 0.25) is 5.02 Å². The molecule has 17 heavy (non-hydrogen) atoms. The average Bonchev–Trinajstić information content (AvgIpc) is 2.55. The summed E-state index contributed by atoms with van der Waals surface area (Å²) in [5, 5.41) is 0.568. The molecule has 0 N–H and O–H groups in total. The van der Waals surface area contributed by atoms with Gasteiger partial charge in [-0.05, 0) is 17.5 Å². The summed E-state index contributed by atoms with van der Waals surface area (Å²) in [6.45, 7) is 3.23. The molecule has 1 aromatic rings. The molecule has 3 nitrogen and oxygen atoms in total. The number of benzene rings is 1. The van der Waals surface area contributed by atoms with Crippen LogP contribution in [0.15, 0.2) is 12.1 Å². The number of aldehydes is 1. The molecule has 1 aliphatic rings. The average molecular weight is 255 g/mol. The van der Waals surface area contributed by atoms with Gasteiger partial charge in [-0.25, -0.2) is 0 Å². The Kier molecular flexibility index (Phi) is 3.89. The van der Waals surface area contributed by atoms with Crippen LogP contribution in [0.5, 0.6) is 11.5 Å². The Bertz CT molecular complexity index is 417. The lowest BCUT2D eigenvalue weighted by Crippen LogP contribution is -1.99. The lowest BCUT2D eigenvalue weighted by Gasteiger charge is -2.15. The van der Waals surface area contributed by atoms with Crippen LogP contribution in [-0.2, 0) is 4.79 Å². The van der Waals surface area contributed by atoms with E-state index in [9.17, 15) is 4.79 Å². The molecule has 2 rings (SSSR count). The van der Waals surface area contributed by atoms with Gasteiger partial charge in [-0.15, -0.1) is 0 Å². The van der Waals surface area contributed by atoms with Crippen molar-refractivity contribution in [1.29, 1.82) is 0 Å². The van der Waals surface area contributed by atoms with Crippen molar-refractivity contribution in [2.75, 3.05) is 13.2 Å². The van der Waals surface area contributed by atoms with E-state index in [4.69, 9.17) is 21.1 Å². The van der Waals surface area contributed by atoms with Gasteiger partial charge in [-0.3, -0.25) is 0 Å². The highest BCUT2D eigenvalue weighted by molar-refractivity contribution is 6.33. The van der Waals surface area contributed by atoms with Crippen molar-refractivity contribution in [2.45, 2.75) is 25.7 Å². The van der Waals surface area contributed by atoms with Crippen LogP contribution < -0.4 is 9.47 Å². The molecule has 0 amide bonds. The quantitative estimate of drug-likeness (QED) is 0.777. The number of hydrogen-bond acceptors (Lipinski definition) is 3. The van der Waals surface area contributed by atoms with E-state index in [0.717, 1.165) is 18.3 Å². The molecular formula is C13H15ClO3. The first-order valence-electron chi connectivity index (χ1n) is 5.75. The second-order valence-corrected chi connectivity index (χ2v) is 4.53. The number of fused-ring (bicyclic) bond motifs is 1. The van der Waals surface area contributed by atoms with E-state index >= 15 is 0 Å². The van der Waals surface area contributed by atoms with Crippen LogP contribution in [-0.4, -0.2) is 19.5 Å². The summed E-state index contributed by atoms with van der Waals surface area (Å²) in [7, 11) is 0. The molecule has 1 aliphatic heterocycles. The van der Waals surface area contributed by atoms with Gasteiger partial charge in [0.15, 0.2) is 11.5 Å². The zero-order valence-corrected chi connectivity index (χ0v) is 10.5. The van der Waals surface area contributed by atoms with Crippen LogP contribution >= 0.6 is 11.6 Å². The fourth-order valence-corrected chi connectivity index (χ4v) is 2.27. The summed E-state index contributed by atoms with van der Waals surface area (Å²) in [6, 6.07) is 3.77. The lowest BCUT2D eigenvalue weighted by atomic mass is 9.98. The van der Waals surface area contributed by atoms with E-state index in [0.29, 0.717) is 36.2 Å². The fraction of sp³-hybridized carbons (Fsp3) is 0.462. The number of ether oxygens (including phenoxy) is 2. The Morgan fingerprint density at radius 2 is 2.18 bits per heavy atom. The molecule has 92 valence electrons. The summed E-state index contributed by atoms with van der Waals surface area (Å²) in [4.78, 5) is 10.5. The molecule has 0 radical (unpaired) electrons. The van der Waals surface area contributed by atoms with Gasteiger partial charge >= 0.3 is 0 Å². The number of carbonyl (C=O) groups excluding carboxylic acids is 1. The zero-order valence-electron chi connectivity index (χ0n) is 9.74. The first kappa shape index (κ1) is 12.2. The molecular weight excluding hydrogens is 240 g/mol. The Hall–Kier alpha value is -1.22. The summed E-state index contributed by atoms with van der Waals surface area (Å²) in [5.74, 6) is 1.39. The molecule has 0 aliphatic carbocycles. The van der Waals surface area contributed by atoms with Crippen LogP contribution in [0.4, 0.5) is 0 Å². The van der Waals surface area contributed by atoms with E-state index < -0.39 is 0 Å².